The molecule has 1 spiro atoms. The maximum absolute atomic E-state index is 14.1. The molecule has 230 valence electrons. The van der Waals surface area contributed by atoms with Crippen molar-refractivity contribution in [3.05, 3.63) is 0 Å². The lowest BCUT2D eigenvalue weighted by Gasteiger charge is -2.42. The summed E-state index contributed by atoms with van der Waals surface area (Å²) in [5.74, 6) is 2.65. The summed E-state index contributed by atoms with van der Waals surface area (Å²) < 4.78 is 35.4. The molecular weight excluding hydrogens is 535 g/mol. The van der Waals surface area contributed by atoms with E-state index in [-0.39, 0.29) is 39.7 Å². The van der Waals surface area contributed by atoms with Crippen molar-refractivity contribution in [3.8, 4) is 12.3 Å². The molecule has 7 heteroatoms. The summed E-state index contributed by atoms with van der Waals surface area (Å²) >= 11 is 0. The summed E-state index contributed by atoms with van der Waals surface area (Å²) in [5.41, 5.74) is -0.329. The van der Waals surface area contributed by atoms with E-state index < -0.39 is 24.3 Å². The molecule has 40 heavy (non-hydrogen) atoms. The Hall–Kier alpha value is -0.843. The molecule has 3 rings (SSSR count). The molecule has 5 nitrogen and oxygen atoms in total. The lowest BCUT2D eigenvalue weighted by Crippen LogP contribution is -2.51. The number of hydrogen-bond acceptors (Lipinski definition) is 4. The highest BCUT2D eigenvalue weighted by molar-refractivity contribution is 7.90. The number of carbonyl (C=O) groups is 1. The van der Waals surface area contributed by atoms with Crippen molar-refractivity contribution in [1.29, 1.82) is 0 Å². The van der Waals surface area contributed by atoms with Crippen molar-refractivity contribution in [2.24, 2.45) is 22.7 Å². The number of hydrogen-bond donors (Lipinski definition) is 0. The molecule has 0 aromatic rings. The third-order valence-corrected chi connectivity index (χ3v) is 18.1. The molecule has 1 amide bonds. The molecular formula is C33H59NO4SSi. The van der Waals surface area contributed by atoms with Gasteiger partial charge in [-0.3, -0.25) is 4.79 Å². The SMILES string of the molecule is C#CCCCCCCCCCCC[C@H](O[Si](C)(C)C(C)(C)C)[C@H](C)C(=O)N1C2CC3CCC2(CS1(=O)=O)C3(C)C. The number of amides is 1. The lowest BCUT2D eigenvalue weighted by molar-refractivity contribution is -0.136. The van der Waals surface area contributed by atoms with Crippen LogP contribution in [0.2, 0.25) is 18.1 Å². The Bertz CT molecular complexity index is 1020. The molecule has 0 aromatic heterocycles. The van der Waals surface area contributed by atoms with Crippen LogP contribution in [0, 0.1) is 35.0 Å². The summed E-state index contributed by atoms with van der Waals surface area (Å²) in [7, 11) is -5.78. The van der Waals surface area contributed by atoms with Crippen LogP contribution in [-0.4, -0.2) is 44.8 Å². The topological polar surface area (TPSA) is 63.7 Å². The smallest absolute Gasteiger partial charge is 0.241 e. The van der Waals surface area contributed by atoms with Gasteiger partial charge in [0, 0.05) is 11.8 Å². The fourth-order valence-electron chi connectivity index (χ4n) is 7.72. The highest BCUT2D eigenvalue weighted by atomic mass is 32.2. The van der Waals surface area contributed by atoms with Gasteiger partial charge < -0.3 is 4.43 Å². The second-order valence-corrected chi connectivity index (χ2v) is 22.0. The van der Waals surface area contributed by atoms with Crippen molar-refractivity contribution in [3.63, 3.8) is 0 Å². The number of sulfonamides is 1. The van der Waals surface area contributed by atoms with Crippen molar-refractivity contribution in [1.82, 2.24) is 4.31 Å². The molecule has 2 aliphatic carbocycles. The van der Waals surface area contributed by atoms with Gasteiger partial charge in [-0.25, -0.2) is 12.7 Å². The second kappa shape index (κ2) is 12.8. The van der Waals surface area contributed by atoms with Gasteiger partial charge in [0.05, 0.1) is 23.8 Å². The van der Waals surface area contributed by atoms with Crippen LogP contribution in [0.15, 0.2) is 0 Å². The Kier molecular flexibility index (Phi) is 10.8. The Balaban J connectivity index is 1.63. The molecule has 1 aliphatic heterocycles. The Morgan fingerprint density at radius 3 is 2.12 bits per heavy atom. The zero-order valence-corrected chi connectivity index (χ0v) is 28.8. The van der Waals surface area contributed by atoms with Gasteiger partial charge in [-0.1, -0.05) is 92.9 Å². The summed E-state index contributed by atoms with van der Waals surface area (Å²) in [6.07, 6.45) is 20.4. The first-order valence-corrected chi connectivity index (χ1v) is 20.7. The van der Waals surface area contributed by atoms with E-state index in [0.29, 0.717) is 5.92 Å². The second-order valence-electron chi connectivity index (χ2n) is 15.4. The van der Waals surface area contributed by atoms with Crippen molar-refractivity contribution in [2.45, 2.75) is 162 Å². The monoisotopic (exact) mass is 593 g/mol. The zero-order valence-electron chi connectivity index (χ0n) is 27.0. The zero-order chi connectivity index (χ0) is 30.0. The predicted molar refractivity (Wildman–Crippen MR) is 169 cm³/mol. The molecule has 1 saturated heterocycles. The summed E-state index contributed by atoms with van der Waals surface area (Å²) in [4.78, 5) is 14.1. The van der Waals surface area contributed by atoms with E-state index in [9.17, 15) is 13.2 Å². The Morgan fingerprint density at radius 2 is 1.60 bits per heavy atom. The third kappa shape index (κ3) is 6.70. The molecule has 2 saturated carbocycles. The number of terminal acetylenes is 1. The van der Waals surface area contributed by atoms with E-state index in [2.05, 4.69) is 53.6 Å². The van der Waals surface area contributed by atoms with Gasteiger partial charge in [0.2, 0.25) is 15.9 Å². The number of rotatable bonds is 15. The summed E-state index contributed by atoms with van der Waals surface area (Å²) in [6.45, 7) is 17.5. The van der Waals surface area contributed by atoms with Gasteiger partial charge in [-0.2, -0.15) is 0 Å². The van der Waals surface area contributed by atoms with Gasteiger partial charge in [-0.05, 0) is 61.6 Å². The standard InChI is InChI=1S/C33H59NO4SSi/c1-10-11-12-13-14-15-16-17-18-19-20-21-28(38-40(8,9)31(3,4)5)26(2)30(35)34-29-24-27-22-23-33(29,32(27,6)7)25-39(34,36)37/h1,26-29H,11-25H2,2-9H3/t26-,27?,28-,29?,33?/m0/s1. The van der Waals surface area contributed by atoms with Gasteiger partial charge in [-0.15, -0.1) is 12.3 Å². The van der Waals surface area contributed by atoms with Crippen LogP contribution in [0.25, 0.3) is 0 Å². The van der Waals surface area contributed by atoms with Crippen LogP contribution in [-0.2, 0) is 19.2 Å². The maximum atomic E-state index is 14.1. The Labute approximate surface area is 248 Å². The largest absolute Gasteiger partial charge is 0.413 e. The lowest BCUT2D eigenvalue weighted by atomic mass is 9.69. The molecule has 5 atom stereocenters. The van der Waals surface area contributed by atoms with Crippen molar-refractivity contribution >= 4 is 24.2 Å². The van der Waals surface area contributed by atoms with Gasteiger partial charge in [0.1, 0.15) is 0 Å². The van der Waals surface area contributed by atoms with Gasteiger partial charge in [0.25, 0.3) is 0 Å². The molecule has 3 aliphatic rings. The fourth-order valence-corrected chi connectivity index (χ4v) is 11.8. The quantitative estimate of drug-likeness (QED) is 0.109. The first-order chi connectivity index (χ1) is 18.5. The first kappa shape index (κ1) is 33.7. The molecule has 0 N–H and O–H groups in total. The minimum atomic E-state index is -3.63. The minimum absolute atomic E-state index is 0.0205. The minimum Gasteiger partial charge on any atom is -0.413 e. The van der Waals surface area contributed by atoms with E-state index in [1.165, 1.54) is 42.8 Å². The number of unbranched alkanes of at least 4 members (excludes halogenated alkanes) is 9. The van der Waals surface area contributed by atoms with Crippen molar-refractivity contribution < 1.29 is 17.6 Å². The van der Waals surface area contributed by atoms with E-state index in [1.807, 2.05) is 6.92 Å². The van der Waals surface area contributed by atoms with Crippen molar-refractivity contribution in [2.75, 3.05) is 5.75 Å². The molecule has 3 fully saturated rings. The van der Waals surface area contributed by atoms with Crippen LogP contribution in [0.5, 0.6) is 0 Å². The average Bonchev–Trinajstić information content (AvgIpc) is 3.33. The molecule has 3 unspecified atom stereocenters. The van der Waals surface area contributed by atoms with E-state index >= 15 is 0 Å². The molecule has 1 heterocycles. The summed E-state index contributed by atoms with van der Waals surface area (Å²) in [6, 6.07) is -0.179. The third-order valence-electron chi connectivity index (χ3n) is 11.6. The fraction of sp³-hybridized carbons (Fsp3) is 0.909. The summed E-state index contributed by atoms with van der Waals surface area (Å²) in [5, 5.41) is 0.0205. The molecule has 0 aromatic carbocycles. The number of nitrogens with zero attached hydrogens (tertiary/aromatic N) is 1. The van der Waals surface area contributed by atoms with Crippen LogP contribution in [0.3, 0.4) is 0 Å². The normalized spacial score (nSPS) is 28.3. The van der Waals surface area contributed by atoms with Crippen LogP contribution < -0.4 is 0 Å². The van der Waals surface area contributed by atoms with Crippen LogP contribution in [0.4, 0.5) is 0 Å². The van der Waals surface area contributed by atoms with E-state index in [4.69, 9.17) is 10.8 Å². The molecule has 0 radical (unpaired) electrons. The number of carbonyl (C=O) groups excluding carboxylic acids is 1. The molecule has 2 bridgehead atoms. The van der Waals surface area contributed by atoms with Crippen LogP contribution >= 0.6 is 0 Å². The van der Waals surface area contributed by atoms with E-state index in [0.717, 1.165) is 51.4 Å². The average molecular weight is 594 g/mol. The Morgan fingerprint density at radius 1 is 1.05 bits per heavy atom. The van der Waals surface area contributed by atoms with Crippen LogP contribution in [0.1, 0.15) is 131 Å². The van der Waals surface area contributed by atoms with Gasteiger partial charge >= 0.3 is 0 Å². The number of fused-ring (bicyclic) bond motifs is 1. The first-order valence-electron chi connectivity index (χ1n) is 16.2. The predicted octanol–water partition coefficient (Wildman–Crippen LogP) is 8.30. The van der Waals surface area contributed by atoms with E-state index in [1.54, 1.807) is 0 Å². The highest BCUT2D eigenvalue weighted by Crippen LogP contribution is 2.70. The van der Waals surface area contributed by atoms with Gasteiger partial charge in [0.15, 0.2) is 8.32 Å². The maximum Gasteiger partial charge on any atom is 0.241 e. The highest BCUT2D eigenvalue weighted by Gasteiger charge is 2.72.